The summed E-state index contributed by atoms with van der Waals surface area (Å²) in [6.07, 6.45) is 1.36. The van der Waals surface area contributed by atoms with Crippen molar-refractivity contribution < 1.29 is 20.1 Å². The Labute approximate surface area is 119 Å². The molecule has 20 heavy (non-hydrogen) atoms. The van der Waals surface area contributed by atoms with Gasteiger partial charge in [-0.25, -0.2) is 0 Å². The molecule has 4 N–H and O–H groups in total. The lowest BCUT2D eigenvalue weighted by Crippen LogP contribution is -2.65. The molecule has 0 radical (unpaired) electrons. The molecule has 116 valence electrons. The van der Waals surface area contributed by atoms with Crippen LogP contribution in [-0.2, 0) is 4.79 Å². The SMILES string of the molecule is CCCCCC(=O)N[C@H]1CN2CCC(O)[C@@H]2[C@@H](O)[C@@H]1O. The molecule has 2 aliphatic rings. The fourth-order valence-electron chi connectivity index (χ4n) is 3.26. The second kappa shape index (κ2) is 6.85. The zero-order chi connectivity index (χ0) is 14.7. The van der Waals surface area contributed by atoms with E-state index in [4.69, 9.17) is 0 Å². The van der Waals surface area contributed by atoms with Crippen LogP contribution in [0.2, 0.25) is 0 Å². The van der Waals surface area contributed by atoms with Crippen LogP contribution in [0.5, 0.6) is 0 Å². The first-order chi connectivity index (χ1) is 9.54. The van der Waals surface area contributed by atoms with Crippen molar-refractivity contribution in [3.63, 3.8) is 0 Å². The second-order valence-electron chi connectivity index (χ2n) is 5.95. The molecule has 0 aromatic rings. The quantitative estimate of drug-likeness (QED) is 0.498. The van der Waals surface area contributed by atoms with Crippen LogP contribution in [0.1, 0.15) is 39.0 Å². The van der Waals surface area contributed by atoms with E-state index < -0.39 is 30.4 Å². The third kappa shape index (κ3) is 3.31. The van der Waals surface area contributed by atoms with Crippen molar-refractivity contribution >= 4 is 5.91 Å². The lowest BCUT2D eigenvalue weighted by molar-refractivity contribution is -0.129. The number of amides is 1. The first-order valence-corrected chi connectivity index (χ1v) is 7.62. The van der Waals surface area contributed by atoms with Crippen molar-refractivity contribution in [2.75, 3.05) is 13.1 Å². The first-order valence-electron chi connectivity index (χ1n) is 7.62. The number of hydrogen-bond acceptors (Lipinski definition) is 5. The van der Waals surface area contributed by atoms with Crippen LogP contribution in [0.25, 0.3) is 0 Å². The highest BCUT2D eigenvalue weighted by Crippen LogP contribution is 2.28. The van der Waals surface area contributed by atoms with Gasteiger partial charge in [0.15, 0.2) is 0 Å². The van der Waals surface area contributed by atoms with E-state index in [-0.39, 0.29) is 5.91 Å². The highest BCUT2D eigenvalue weighted by Gasteiger charge is 2.48. The van der Waals surface area contributed by atoms with E-state index in [0.29, 0.717) is 25.9 Å². The van der Waals surface area contributed by atoms with Crippen LogP contribution in [0.4, 0.5) is 0 Å². The van der Waals surface area contributed by atoms with Gasteiger partial charge in [0.25, 0.3) is 0 Å². The molecule has 2 heterocycles. The summed E-state index contributed by atoms with van der Waals surface area (Å²) in [4.78, 5) is 13.8. The Morgan fingerprint density at radius 3 is 2.70 bits per heavy atom. The van der Waals surface area contributed by atoms with Gasteiger partial charge in [-0.15, -0.1) is 0 Å². The van der Waals surface area contributed by atoms with Crippen LogP contribution in [-0.4, -0.2) is 69.6 Å². The summed E-state index contributed by atoms with van der Waals surface area (Å²) in [6, 6.07) is -0.862. The number of nitrogens with zero attached hydrogens (tertiary/aromatic N) is 1. The number of aliphatic hydroxyl groups excluding tert-OH is 3. The predicted octanol–water partition coefficient (Wildman–Crippen LogP) is -0.778. The molecule has 0 aromatic carbocycles. The minimum Gasteiger partial charge on any atom is -0.391 e. The van der Waals surface area contributed by atoms with Gasteiger partial charge in [0.05, 0.1) is 24.3 Å². The van der Waals surface area contributed by atoms with Crippen molar-refractivity contribution in [1.82, 2.24) is 10.2 Å². The van der Waals surface area contributed by atoms with Crippen LogP contribution >= 0.6 is 0 Å². The maximum Gasteiger partial charge on any atom is 0.220 e. The van der Waals surface area contributed by atoms with Crippen LogP contribution in [0.3, 0.4) is 0 Å². The lowest BCUT2D eigenvalue weighted by Gasteiger charge is -2.43. The van der Waals surface area contributed by atoms with E-state index in [1.807, 2.05) is 4.90 Å². The molecular formula is C14H26N2O4. The molecular weight excluding hydrogens is 260 g/mol. The topological polar surface area (TPSA) is 93.0 Å². The Bertz CT molecular complexity index is 339. The van der Waals surface area contributed by atoms with Gasteiger partial charge in [0, 0.05) is 19.5 Å². The van der Waals surface area contributed by atoms with Crippen LogP contribution < -0.4 is 5.32 Å². The molecule has 2 rings (SSSR count). The van der Waals surface area contributed by atoms with E-state index in [1.165, 1.54) is 0 Å². The zero-order valence-electron chi connectivity index (χ0n) is 12.0. The molecule has 0 bridgehead atoms. The van der Waals surface area contributed by atoms with Crippen molar-refractivity contribution in [2.45, 2.75) is 69.4 Å². The standard InChI is InChI=1S/C14H26N2O4/c1-2-3-4-5-11(18)15-9-8-16-7-6-10(17)12(16)14(20)13(9)19/h9-10,12-14,17,19-20H,2-8H2,1H3,(H,15,18)/t9-,10?,12+,13+,14+/m0/s1. The van der Waals surface area contributed by atoms with Crippen LogP contribution in [0, 0.1) is 0 Å². The van der Waals surface area contributed by atoms with Gasteiger partial charge in [-0.1, -0.05) is 19.8 Å². The van der Waals surface area contributed by atoms with Gasteiger partial charge in [0.1, 0.15) is 6.10 Å². The van der Waals surface area contributed by atoms with Gasteiger partial charge in [-0.3, -0.25) is 9.69 Å². The van der Waals surface area contributed by atoms with E-state index in [2.05, 4.69) is 12.2 Å². The van der Waals surface area contributed by atoms with E-state index in [0.717, 1.165) is 19.3 Å². The van der Waals surface area contributed by atoms with Gasteiger partial charge in [0.2, 0.25) is 5.91 Å². The summed E-state index contributed by atoms with van der Waals surface area (Å²) in [5.74, 6) is -0.0760. The summed E-state index contributed by atoms with van der Waals surface area (Å²) in [5, 5.41) is 32.9. The Morgan fingerprint density at radius 1 is 1.25 bits per heavy atom. The summed E-state index contributed by atoms with van der Waals surface area (Å²) < 4.78 is 0. The molecule has 0 aromatic heterocycles. The smallest absolute Gasteiger partial charge is 0.220 e. The fraction of sp³-hybridized carbons (Fsp3) is 0.929. The summed E-state index contributed by atoms with van der Waals surface area (Å²) in [5.41, 5.74) is 0. The molecule has 2 aliphatic heterocycles. The average Bonchev–Trinajstić information content (AvgIpc) is 2.77. The van der Waals surface area contributed by atoms with Gasteiger partial charge in [-0.2, -0.15) is 0 Å². The van der Waals surface area contributed by atoms with Crippen molar-refractivity contribution in [1.29, 1.82) is 0 Å². The van der Waals surface area contributed by atoms with E-state index in [1.54, 1.807) is 0 Å². The van der Waals surface area contributed by atoms with Crippen molar-refractivity contribution in [3.05, 3.63) is 0 Å². The number of carbonyl (C=O) groups excluding carboxylic acids is 1. The molecule has 1 unspecified atom stereocenters. The lowest BCUT2D eigenvalue weighted by atomic mass is 9.91. The van der Waals surface area contributed by atoms with E-state index in [9.17, 15) is 20.1 Å². The number of rotatable bonds is 5. The number of carbonyl (C=O) groups is 1. The predicted molar refractivity (Wildman–Crippen MR) is 74.1 cm³/mol. The largest absolute Gasteiger partial charge is 0.391 e. The maximum absolute atomic E-state index is 11.8. The normalized spacial score (nSPS) is 37.7. The monoisotopic (exact) mass is 286 g/mol. The molecule has 5 atom stereocenters. The number of piperidine rings is 1. The third-order valence-corrected chi connectivity index (χ3v) is 4.42. The average molecular weight is 286 g/mol. The second-order valence-corrected chi connectivity index (χ2v) is 5.95. The van der Waals surface area contributed by atoms with Crippen molar-refractivity contribution in [2.24, 2.45) is 0 Å². The molecule has 2 saturated heterocycles. The summed E-state index contributed by atoms with van der Waals surface area (Å²) >= 11 is 0. The number of fused-ring (bicyclic) bond motifs is 1. The number of unbranched alkanes of at least 4 members (excludes halogenated alkanes) is 2. The molecule has 0 aliphatic carbocycles. The Hall–Kier alpha value is -0.690. The molecule has 1 amide bonds. The molecule has 0 spiro atoms. The molecule has 0 saturated carbocycles. The number of nitrogens with one attached hydrogen (secondary N) is 1. The van der Waals surface area contributed by atoms with Crippen molar-refractivity contribution in [3.8, 4) is 0 Å². The summed E-state index contributed by atoms with van der Waals surface area (Å²) in [6.45, 7) is 3.26. The Balaban J connectivity index is 1.88. The Kier molecular flexibility index (Phi) is 5.37. The highest BCUT2D eigenvalue weighted by atomic mass is 16.3. The van der Waals surface area contributed by atoms with Crippen LogP contribution in [0.15, 0.2) is 0 Å². The maximum atomic E-state index is 11.8. The summed E-state index contributed by atoms with van der Waals surface area (Å²) in [7, 11) is 0. The Morgan fingerprint density at radius 2 is 2.00 bits per heavy atom. The first kappa shape index (κ1) is 15.7. The molecule has 6 nitrogen and oxygen atoms in total. The van der Waals surface area contributed by atoms with Gasteiger partial charge in [-0.05, 0) is 12.8 Å². The minimum atomic E-state index is -1.01. The minimum absolute atomic E-state index is 0.0760. The molecule has 2 fully saturated rings. The third-order valence-electron chi connectivity index (χ3n) is 4.42. The van der Waals surface area contributed by atoms with Gasteiger partial charge >= 0.3 is 0 Å². The number of hydrogen-bond donors (Lipinski definition) is 4. The molecule has 6 heteroatoms. The fourth-order valence-corrected chi connectivity index (χ4v) is 3.26. The number of aliphatic hydroxyl groups is 3. The highest BCUT2D eigenvalue weighted by molar-refractivity contribution is 5.76. The zero-order valence-corrected chi connectivity index (χ0v) is 12.0. The van der Waals surface area contributed by atoms with Gasteiger partial charge < -0.3 is 20.6 Å². The van der Waals surface area contributed by atoms with E-state index >= 15 is 0 Å².